The molecule has 1 saturated heterocycles. The van der Waals surface area contributed by atoms with Gasteiger partial charge in [-0.15, -0.1) is 0 Å². The molecule has 2 aromatic rings. The molecule has 1 aliphatic heterocycles. The van der Waals surface area contributed by atoms with Crippen LogP contribution >= 0.6 is 23.2 Å². The summed E-state index contributed by atoms with van der Waals surface area (Å²) in [6.07, 6.45) is 0.769. The number of piperazine rings is 1. The van der Waals surface area contributed by atoms with Gasteiger partial charge < -0.3 is 5.32 Å². The van der Waals surface area contributed by atoms with Gasteiger partial charge in [-0.3, -0.25) is 9.69 Å². The standard InChI is InChI=1S/C22H27Cl2N3O3S/c1-16-6-3-4-7-18(16)14-17(2)25-21(28)15-26-10-12-27(13-11-26)31(29,30)20-9-5-8-19(23)22(20)24/h3-9,17H,10-15H2,1-2H3,(H,25,28). The molecular formula is C22H27Cl2N3O3S. The number of nitrogens with one attached hydrogen (secondary N) is 1. The van der Waals surface area contributed by atoms with E-state index in [1.54, 1.807) is 12.1 Å². The summed E-state index contributed by atoms with van der Waals surface area (Å²) in [5.41, 5.74) is 2.43. The van der Waals surface area contributed by atoms with Gasteiger partial charge >= 0.3 is 0 Å². The fraction of sp³-hybridized carbons (Fsp3) is 0.409. The molecule has 1 heterocycles. The lowest BCUT2D eigenvalue weighted by Gasteiger charge is -2.33. The number of rotatable bonds is 7. The van der Waals surface area contributed by atoms with Crippen LogP contribution in [0.3, 0.4) is 0 Å². The van der Waals surface area contributed by atoms with Crippen molar-refractivity contribution in [2.75, 3.05) is 32.7 Å². The molecule has 1 aliphatic rings. The molecule has 1 atom stereocenters. The van der Waals surface area contributed by atoms with E-state index in [0.717, 1.165) is 6.42 Å². The quantitative estimate of drug-likeness (QED) is 0.655. The predicted molar refractivity (Wildman–Crippen MR) is 124 cm³/mol. The Morgan fingerprint density at radius 1 is 1.06 bits per heavy atom. The Hall–Kier alpha value is -1.64. The molecule has 0 aliphatic carbocycles. The van der Waals surface area contributed by atoms with Crippen molar-refractivity contribution in [3.63, 3.8) is 0 Å². The second-order valence-corrected chi connectivity index (χ2v) is 10.5. The van der Waals surface area contributed by atoms with Crippen molar-refractivity contribution in [2.45, 2.75) is 31.2 Å². The topological polar surface area (TPSA) is 69.7 Å². The first-order chi connectivity index (χ1) is 14.7. The van der Waals surface area contributed by atoms with Crippen LogP contribution in [0.25, 0.3) is 0 Å². The minimum absolute atomic E-state index is 0.0119. The zero-order valence-corrected chi connectivity index (χ0v) is 20.0. The highest BCUT2D eigenvalue weighted by molar-refractivity contribution is 7.89. The van der Waals surface area contributed by atoms with Crippen LogP contribution in [0.1, 0.15) is 18.1 Å². The van der Waals surface area contributed by atoms with Crippen LogP contribution in [0.4, 0.5) is 0 Å². The summed E-state index contributed by atoms with van der Waals surface area (Å²) in [4.78, 5) is 14.4. The first-order valence-electron chi connectivity index (χ1n) is 10.2. The maximum absolute atomic E-state index is 12.9. The minimum atomic E-state index is -3.74. The molecular weight excluding hydrogens is 457 g/mol. The van der Waals surface area contributed by atoms with Crippen molar-refractivity contribution < 1.29 is 13.2 Å². The Kier molecular flexibility index (Phi) is 7.99. The predicted octanol–water partition coefficient (Wildman–Crippen LogP) is 3.36. The van der Waals surface area contributed by atoms with E-state index in [9.17, 15) is 13.2 Å². The molecule has 168 valence electrons. The molecule has 0 bridgehead atoms. The van der Waals surface area contributed by atoms with Gasteiger partial charge in [-0.2, -0.15) is 4.31 Å². The van der Waals surface area contributed by atoms with Crippen LogP contribution in [-0.2, 0) is 21.2 Å². The summed E-state index contributed by atoms with van der Waals surface area (Å²) in [5, 5.41) is 3.28. The average molecular weight is 484 g/mol. The Labute approximate surface area is 194 Å². The normalized spacial score (nSPS) is 16.8. The summed E-state index contributed by atoms with van der Waals surface area (Å²) in [7, 11) is -3.74. The van der Waals surface area contributed by atoms with E-state index in [-0.39, 0.29) is 46.5 Å². The van der Waals surface area contributed by atoms with Gasteiger partial charge in [-0.05, 0) is 43.5 Å². The van der Waals surface area contributed by atoms with Crippen molar-refractivity contribution in [2.24, 2.45) is 0 Å². The molecule has 0 aromatic heterocycles. The number of nitrogens with zero attached hydrogens (tertiary/aromatic N) is 2. The number of sulfonamides is 1. The number of amides is 1. The van der Waals surface area contributed by atoms with Crippen LogP contribution in [-0.4, -0.2) is 62.3 Å². The van der Waals surface area contributed by atoms with Gasteiger partial charge in [0.15, 0.2) is 0 Å². The van der Waals surface area contributed by atoms with Crippen molar-refractivity contribution in [1.82, 2.24) is 14.5 Å². The number of carbonyl (C=O) groups is 1. The van der Waals surface area contributed by atoms with Crippen LogP contribution < -0.4 is 5.32 Å². The fourth-order valence-electron chi connectivity index (χ4n) is 3.69. The molecule has 0 spiro atoms. The highest BCUT2D eigenvalue weighted by Crippen LogP contribution is 2.31. The number of halogens is 2. The largest absolute Gasteiger partial charge is 0.352 e. The molecule has 0 radical (unpaired) electrons. The molecule has 2 aromatic carbocycles. The lowest BCUT2D eigenvalue weighted by Crippen LogP contribution is -2.51. The fourth-order valence-corrected chi connectivity index (χ4v) is 5.85. The van der Waals surface area contributed by atoms with Crippen LogP contribution in [0, 0.1) is 6.92 Å². The summed E-state index contributed by atoms with van der Waals surface area (Å²) in [5.74, 6) is -0.0599. The molecule has 31 heavy (non-hydrogen) atoms. The van der Waals surface area contributed by atoms with E-state index < -0.39 is 10.0 Å². The Morgan fingerprint density at radius 2 is 1.74 bits per heavy atom. The number of benzene rings is 2. The number of hydrogen-bond donors (Lipinski definition) is 1. The van der Waals surface area contributed by atoms with Crippen LogP contribution in [0.5, 0.6) is 0 Å². The first-order valence-corrected chi connectivity index (χ1v) is 12.4. The first kappa shape index (κ1) is 24.0. The zero-order valence-electron chi connectivity index (χ0n) is 17.6. The maximum Gasteiger partial charge on any atom is 0.244 e. The van der Waals surface area contributed by atoms with Gasteiger partial charge in [-0.25, -0.2) is 8.42 Å². The molecule has 6 nitrogen and oxygen atoms in total. The maximum atomic E-state index is 12.9. The zero-order chi connectivity index (χ0) is 22.6. The summed E-state index contributed by atoms with van der Waals surface area (Å²) >= 11 is 12.1. The van der Waals surface area contributed by atoms with E-state index in [2.05, 4.69) is 24.4 Å². The third-order valence-corrected chi connectivity index (χ3v) is 8.30. The third kappa shape index (κ3) is 5.99. The van der Waals surface area contributed by atoms with E-state index in [1.165, 1.54) is 21.5 Å². The molecule has 1 fully saturated rings. The molecule has 1 amide bonds. The lowest BCUT2D eigenvalue weighted by atomic mass is 10.0. The molecule has 1 unspecified atom stereocenters. The van der Waals surface area contributed by atoms with Gasteiger partial charge in [0.1, 0.15) is 4.90 Å². The number of hydrogen-bond acceptors (Lipinski definition) is 4. The average Bonchev–Trinajstić information content (AvgIpc) is 2.72. The summed E-state index contributed by atoms with van der Waals surface area (Å²) in [6.45, 7) is 5.81. The van der Waals surface area contributed by atoms with Gasteiger partial charge in [-0.1, -0.05) is 53.5 Å². The number of aryl methyl sites for hydroxylation is 1. The molecule has 9 heteroatoms. The Morgan fingerprint density at radius 3 is 2.42 bits per heavy atom. The highest BCUT2D eigenvalue weighted by atomic mass is 35.5. The van der Waals surface area contributed by atoms with Gasteiger partial charge in [0.25, 0.3) is 0 Å². The SMILES string of the molecule is Cc1ccccc1CC(C)NC(=O)CN1CCN(S(=O)(=O)c2cccc(Cl)c2Cl)CC1. The van der Waals surface area contributed by atoms with Crippen molar-refractivity contribution >= 4 is 39.1 Å². The van der Waals surface area contributed by atoms with Crippen molar-refractivity contribution in [3.05, 3.63) is 63.6 Å². The second-order valence-electron chi connectivity index (χ2n) is 7.83. The van der Waals surface area contributed by atoms with Crippen LogP contribution in [0.15, 0.2) is 47.4 Å². The smallest absolute Gasteiger partial charge is 0.244 e. The van der Waals surface area contributed by atoms with Crippen LogP contribution in [0.2, 0.25) is 10.0 Å². The molecule has 3 rings (SSSR count). The van der Waals surface area contributed by atoms with E-state index in [0.29, 0.717) is 13.1 Å². The summed E-state index contributed by atoms with van der Waals surface area (Å²) in [6, 6.07) is 12.7. The van der Waals surface area contributed by atoms with Gasteiger partial charge in [0.05, 0.1) is 16.6 Å². The molecule has 0 saturated carbocycles. The minimum Gasteiger partial charge on any atom is -0.352 e. The van der Waals surface area contributed by atoms with Crippen molar-refractivity contribution in [3.8, 4) is 0 Å². The third-order valence-electron chi connectivity index (χ3n) is 5.43. The lowest BCUT2D eigenvalue weighted by molar-refractivity contribution is -0.123. The Balaban J connectivity index is 1.51. The van der Waals surface area contributed by atoms with E-state index >= 15 is 0 Å². The highest BCUT2D eigenvalue weighted by Gasteiger charge is 2.31. The monoisotopic (exact) mass is 483 g/mol. The van der Waals surface area contributed by atoms with Gasteiger partial charge in [0, 0.05) is 32.2 Å². The van der Waals surface area contributed by atoms with E-state index in [4.69, 9.17) is 23.2 Å². The summed E-state index contributed by atoms with van der Waals surface area (Å²) < 4.78 is 27.2. The second kappa shape index (κ2) is 10.3. The van der Waals surface area contributed by atoms with E-state index in [1.807, 2.05) is 24.0 Å². The Bertz CT molecular complexity index is 1040. The number of carbonyl (C=O) groups excluding carboxylic acids is 1. The molecule has 1 N–H and O–H groups in total. The van der Waals surface area contributed by atoms with Gasteiger partial charge in [0.2, 0.25) is 15.9 Å². The van der Waals surface area contributed by atoms with Crippen molar-refractivity contribution in [1.29, 1.82) is 0 Å².